The molecule has 1 heterocycles. The lowest BCUT2D eigenvalue weighted by Gasteiger charge is -2.27. The SMILES string of the molecule is CCN(c1cncc(Cl)n1)C(C)CC(=O)O. The van der Waals surface area contributed by atoms with Crippen molar-refractivity contribution in [3.05, 3.63) is 17.5 Å². The van der Waals surface area contributed by atoms with Crippen molar-refractivity contribution < 1.29 is 9.90 Å². The molecule has 0 saturated heterocycles. The quantitative estimate of drug-likeness (QED) is 0.855. The van der Waals surface area contributed by atoms with E-state index in [4.69, 9.17) is 16.7 Å². The largest absolute Gasteiger partial charge is 0.481 e. The second-order valence-electron chi connectivity index (χ2n) is 3.43. The molecule has 0 spiro atoms. The summed E-state index contributed by atoms with van der Waals surface area (Å²) < 4.78 is 0. The number of aliphatic carboxylic acids is 1. The van der Waals surface area contributed by atoms with Crippen molar-refractivity contribution in [2.24, 2.45) is 0 Å². The first kappa shape index (κ1) is 12.7. The normalized spacial score (nSPS) is 12.2. The van der Waals surface area contributed by atoms with Crippen LogP contribution in [-0.4, -0.2) is 33.6 Å². The monoisotopic (exact) mass is 243 g/mol. The van der Waals surface area contributed by atoms with Crippen molar-refractivity contribution in [2.75, 3.05) is 11.4 Å². The van der Waals surface area contributed by atoms with Gasteiger partial charge in [0.1, 0.15) is 11.0 Å². The molecule has 0 aliphatic rings. The van der Waals surface area contributed by atoms with Gasteiger partial charge in [-0.15, -0.1) is 0 Å². The van der Waals surface area contributed by atoms with Gasteiger partial charge in [-0.25, -0.2) is 4.98 Å². The van der Waals surface area contributed by atoms with E-state index in [1.54, 1.807) is 6.20 Å². The summed E-state index contributed by atoms with van der Waals surface area (Å²) in [6, 6.07) is -0.143. The second-order valence-corrected chi connectivity index (χ2v) is 3.82. The predicted octanol–water partition coefficient (Wildman–Crippen LogP) is 1.82. The molecule has 1 atom stereocenters. The Balaban J connectivity index is 2.85. The molecular weight excluding hydrogens is 230 g/mol. The molecule has 0 radical (unpaired) electrons. The van der Waals surface area contributed by atoms with Gasteiger partial charge in [0.15, 0.2) is 0 Å². The number of hydrogen-bond donors (Lipinski definition) is 1. The third kappa shape index (κ3) is 3.34. The molecular formula is C10H14ClN3O2. The first-order chi connectivity index (χ1) is 7.54. The molecule has 0 bridgehead atoms. The van der Waals surface area contributed by atoms with Gasteiger partial charge < -0.3 is 10.0 Å². The van der Waals surface area contributed by atoms with E-state index < -0.39 is 5.97 Å². The Morgan fingerprint density at radius 3 is 2.81 bits per heavy atom. The molecule has 1 aromatic rings. The Morgan fingerprint density at radius 1 is 1.62 bits per heavy atom. The highest BCUT2D eigenvalue weighted by Crippen LogP contribution is 2.16. The Bertz CT molecular complexity index is 373. The van der Waals surface area contributed by atoms with Crippen molar-refractivity contribution in [2.45, 2.75) is 26.3 Å². The van der Waals surface area contributed by atoms with Crippen LogP contribution in [0.5, 0.6) is 0 Å². The third-order valence-corrected chi connectivity index (χ3v) is 2.41. The van der Waals surface area contributed by atoms with E-state index in [0.29, 0.717) is 17.5 Å². The standard InChI is InChI=1S/C10H14ClN3O2/c1-3-14(7(2)4-10(15)16)9-6-12-5-8(11)13-9/h5-7H,3-4H2,1-2H3,(H,15,16). The van der Waals surface area contributed by atoms with Crippen LogP contribution in [0.4, 0.5) is 5.82 Å². The number of anilines is 1. The van der Waals surface area contributed by atoms with E-state index in [1.807, 2.05) is 18.7 Å². The van der Waals surface area contributed by atoms with Gasteiger partial charge in [-0.1, -0.05) is 11.6 Å². The summed E-state index contributed by atoms with van der Waals surface area (Å²) in [7, 11) is 0. The molecule has 0 amide bonds. The van der Waals surface area contributed by atoms with Crippen LogP contribution in [-0.2, 0) is 4.79 Å². The Kier molecular flexibility index (Phi) is 4.49. The fraction of sp³-hybridized carbons (Fsp3) is 0.500. The molecule has 1 aromatic heterocycles. The smallest absolute Gasteiger partial charge is 0.305 e. The van der Waals surface area contributed by atoms with Crippen molar-refractivity contribution in [3.63, 3.8) is 0 Å². The lowest BCUT2D eigenvalue weighted by atomic mass is 10.2. The summed E-state index contributed by atoms with van der Waals surface area (Å²) in [6.45, 7) is 4.42. The zero-order valence-corrected chi connectivity index (χ0v) is 9.98. The summed E-state index contributed by atoms with van der Waals surface area (Å²) in [4.78, 5) is 20.5. The van der Waals surface area contributed by atoms with Crippen LogP contribution in [0.25, 0.3) is 0 Å². The minimum absolute atomic E-state index is 0.0576. The molecule has 16 heavy (non-hydrogen) atoms. The third-order valence-electron chi connectivity index (χ3n) is 2.23. The molecule has 5 nitrogen and oxygen atoms in total. The maximum Gasteiger partial charge on any atom is 0.305 e. The highest BCUT2D eigenvalue weighted by Gasteiger charge is 2.17. The number of carboxylic acids is 1. The highest BCUT2D eigenvalue weighted by molar-refractivity contribution is 6.29. The predicted molar refractivity (Wildman–Crippen MR) is 61.8 cm³/mol. The van der Waals surface area contributed by atoms with Gasteiger partial charge in [0, 0.05) is 12.6 Å². The number of aromatic nitrogens is 2. The molecule has 1 unspecified atom stereocenters. The van der Waals surface area contributed by atoms with Gasteiger partial charge in [0.25, 0.3) is 0 Å². The second kappa shape index (κ2) is 5.65. The van der Waals surface area contributed by atoms with Crippen LogP contribution in [0.3, 0.4) is 0 Å². The summed E-state index contributed by atoms with van der Waals surface area (Å²) in [5, 5.41) is 9.05. The van der Waals surface area contributed by atoms with Gasteiger partial charge in [-0.3, -0.25) is 9.78 Å². The Hall–Kier alpha value is -1.36. The van der Waals surface area contributed by atoms with E-state index in [0.717, 1.165) is 0 Å². The first-order valence-electron chi connectivity index (χ1n) is 5.00. The minimum atomic E-state index is -0.832. The summed E-state index contributed by atoms with van der Waals surface area (Å²) in [5.74, 6) is -0.232. The molecule has 1 N–H and O–H groups in total. The molecule has 0 saturated carbocycles. The summed E-state index contributed by atoms with van der Waals surface area (Å²) in [5.41, 5.74) is 0. The maximum absolute atomic E-state index is 10.6. The van der Waals surface area contributed by atoms with E-state index in [-0.39, 0.29) is 12.5 Å². The van der Waals surface area contributed by atoms with Gasteiger partial charge in [-0.05, 0) is 13.8 Å². The Morgan fingerprint density at radius 2 is 2.31 bits per heavy atom. The number of hydrogen-bond acceptors (Lipinski definition) is 4. The van der Waals surface area contributed by atoms with Crippen LogP contribution in [0, 0.1) is 0 Å². The summed E-state index contributed by atoms with van der Waals surface area (Å²) in [6.07, 6.45) is 3.08. The molecule has 0 aliphatic carbocycles. The van der Waals surface area contributed by atoms with Crippen LogP contribution >= 0.6 is 11.6 Å². The zero-order valence-electron chi connectivity index (χ0n) is 9.22. The topological polar surface area (TPSA) is 66.3 Å². The fourth-order valence-electron chi connectivity index (χ4n) is 1.53. The molecule has 1 rings (SSSR count). The number of carboxylic acid groups (broad SMARTS) is 1. The van der Waals surface area contributed by atoms with Gasteiger partial charge in [0.05, 0.1) is 18.8 Å². The molecule has 6 heteroatoms. The summed E-state index contributed by atoms with van der Waals surface area (Å²) >= 11 is 5.74. The lowest BCUT2D eigenvalue weighted by Crippen LogP contribution is -2.35. The van der Waals surface area contributed by atoms with Crippen LogP contribution < -0.4 is 4.90 Å². The van der Waals surface area contributed by atoms with Gasteiger partial charge in [-0.2, -0.15) is 0 Å². The molecule has 0 aliphatic heterocycles. The average Bonchev–Trinajstić information content (AvgIpc) is 2.17. The number of rotatable bonds is 5. The first-order valence-corrected chi connectivity index (χ1v) is 5.38. The number of halogens is 1. The van der Waals surface area contributed by atoms with Gasteiger partial charge in [0.2, 0.25) is 0 Å². The van der Waals surface area contributed by atoms with E-state index in [2.05, 4.69) is 9.97 Å². The van der Waals surface area contributed by atoms with Crippen LogP contribution in [0.1, 0.15) is 20.3 Å². The van der Waals surface area contributed by atoms with E-state index in [1.165, 1.54) is 6.20 Å². The lowest BCUT2D eigenvalue weighted by molar-refractivity contribution is -0.137. The van der Waals surface area contributed by atoms with Crippen molar-refractivity contribution in [1.29, 1.82) is 0 Å². The zero-order chi connectivity index (χ0) is 12.1. The number of carbonyl (C=O) groups is 1. The average molecular weight is 244 g/mol. The molecule has 88 valence electrons. The van der Waals surface area contributed by atoms with E-state index >= 15 is 0 Å². The number of nitrogens with zero attached hydrogens (tertiary/aromatic N) is 3. The molecule has 0 fully saturated rings. The maximum atomic E-state index is 10.6. The van der Waals surface area contributed by atoms with Gasteiger partial charge >= 0.3 is 5.97 Å². The Labute approximate surface area is 99.1 Å². The highest BCUT2D eigenvalue weighted by atomic mass is 35.5. The fourth-order valence-corrected chi connectivity index (χ4v) is 1.68. The minimum Gasteiger partial charge on any atom is -0.481 e. The van der Waals surface area contributed by atoms with Crippen molar-refractivity contribution in [3.8, 4) is 0 Å². The molecule has 0 aromatic carbocycles. The van der Waals surface area contributed by atoms with Crippen LogP contribution in [0.15, 0.2) is 12.4 Å². The van der Waals surface area contributed by atoms with Crippen LogP contribution in [0.2, 0.25) is 5.15 Å². The van der Waals surface area contributed by atoms with E-state index in [9.17, 15) is 4.79 Å². The van der Waals surface area contributed by atoms with Crippen molar-refractivity contribution in [1.82, 2.24) is 9.97 Å². The van der Waals surface area contributed by atoms with Crippen molar-refractivity contribution >= 4 is 23.4 Å².